The minimum absolute atomic E-state index is 0.178. The second-order valence-corrected chi connectivity index (χ2v) is 7.67. The van der Waals surface area contributed by atoms with Crippen molar-refractivity contribution < 1.29 is 14.3 Å². The average molecular weight is 437 g/mol. The Hall–Kier alpha value is -2.24. The molecule has 0 unspecified atom stereocenters. The minimum atomic E-state index is -0.636. The van der Waals surface area contributed by atoms with E-state index in [9.17, 15) is 9.59 Å². The van der Waals surface area contributed by atoms with Crippen molar-refractivity contribution in [2.45, 2.75) is 39.8 Å². The lowest BCUT2D eigenvalue weighted by Crippen LogP contribution is -2.49. The number of carbonyl (C=O) groups is 2. The van der Waals surface area contributed by atoms with Crippen molar-refractivity contribution >= 4 is 35.0 Å². The zero-order valence-electron chi connectivity index (χ0n) is 17.1. The normalized spacial score (nSPS) is 11.7. The van der Waals surface area contributed by atoms with Crippen LogP contribution in [0.1, 0.15) is 30.0 Å². The average Bonchev–Trinajstić information content (AvgIpc) is 2.69. The van der Waals surface area contributed by atoms with Gasteiger partial charge < -0.3 is 15.0 Å². The van der Waals surface area contributed by atoms with Crippen molar-refractivity contribution in [1.82, 2.24) is 10.2 Å². The van der Waals surface area contributed by atoms with Crippen LogP contribution < -0.4 is 10.1 Å². The Kier molecular flexibility index (Phi) is 8.35. The van der Waals surface area contributed by atoms with E-state index in [4.69, 9.17) is 27.9 Å². The van der Waals surface area contributed by atoms with Crippen LogP contribution in [0.3, 0.4) is 0 Å². The Labute approximate surface area is 181 Å². The summed E-state index contributed by atoms with van der Waals surface area (Å²) in [5.74, 6) is 0.0701. The van der Waals surface area contributed by atoms with Crippen molar-refractivity contribution in [3.63, 3.8) is 0 Å². The number of rotatable bonds is 8. The monoisotopic (exact) mass is 436 g/mol. The lowest BCUT2D eigenvalue weighted by Gasteiger charge is -2.30. The third-order valence-electron chi connectivity index (χ3n) is 4.83. The van der Waals surface area contributed by atoms with E-state index in [1.54, 1.807) is 25.2 Å². The first-order chi connectivity index (χ1) is 13.8. The number of halogens is 2. The summed E-state index contributed by atoms with van der Waals surface area (Å²) in [6.45, 7) is 5.85. The Morgan fingerprint density at radius 3 is 2.41 bits per heavy atom. The summed E-state index contributed by atoms with van der Waals surface area (Å²) in [6, 6.07) is 10.1. The van der Waals surface area contributed by atoms with Crippen LogP contribution in [-0.2, 0) is 16.1 Å². The number of benzene rings is 2. The molecule has 1 N–H and O–H groups in total. The van der Waals surface area contributed by atoms with Gasteiger partial charge in [0.1, 0.15) is 11.8 Å². The SMILES string of the molecule is CC[C@H](C(=O)NC)N(Cc1ccc(Cl)cc1Cl)C(=O)COc1ccc(C)c(C)c1. The highest BCUT2D eigenvalue weighted by molar-refractivity contribution is 6.35. The summed E-state index contributed by atoms with van der Waals surface area (Å²) < 4.78 is 5.70. The third-order valence-corrected chi connectivity index (χ3v) is 5.42. The number of carbonyl (C=O) groups excluding carboxylic acids is 2. The highest BCUT2D eigenvalue weighted by Gasteiger charge is 2.28. The largest absolute Gasteiger partial charge is 0.484 e. The molecule has 0 radical (unpaired) electrons. The van der Waals surface area contributed by atoms with Crippen molar-refractivity contribution in [2.75, 3.05) is 13.7 Å². The van der Waals surface area contributed by atoms with Gasteiger partial charge in [-0.15, -0.1) is 0 Å². The Morgan fingerprint density at radius 1 is 1.10 bits per heavy atom. The molecule has 2 aromatic rings. The standard InChI is InChI=1S/C22H26Cl2N2O3/c1-5-20(22(28)25-4)26(12-16-7-8-17(23)11-19(16)24)21(27)13-29-18-9-6-14(2)15(3)10-18/h6-11,20H,5,12-13H2,1-4H3,(H,25,28)/t20-/m1/s1. The van der Waals surface area contributed by atoms with Gasteiger partial charge in [-0.25, -0.2) is 0 Å². The maximum atomic E-state index is 13.0. The van der Waals surface area contributed by atoms with E-state index >= 15 is 0 Å². The van der Waals surface area contributed by atoms with Crippen molar-refractivity contribution in [3.05, 3.63) is 63.1 Å². The molecule has 0 saturated carbocycles. The molecule has 0 heterocycles. The molecule has 5 nitrogen and oxygen atoms in total. The van der Waals surface area contributed by atoms with E-state index in [1.807, 2.05) is 39.0 Å². The maximum Gasteiger partial charge on any atom is 0.261 e. The number of likely N-dealkylation sites (N-methyl/N-ethyl adjacent to an activating group) is 1. The van der Waals surface area contributed by atoms with Gasteiger partial charge in [0.2, 0.25) is 5.91 Å². The number of aryl methyl sites for hydroxylation is 2. The summed E-state index contributed by atoms with van der Waals surface area (Å²) >= 11 is 12.3. The van der Waals surface area contributed by atoms with E-state index in [0.717, 1.165) is 11.1 Å². The molecular weight excluding hydrogens is 411 g/mol. The number of nitrogens with zero attached hydrogens (tertiary/aromatic N) is 1. The van der Waals surface area contributed by atoms with E-state index in [0.29, 0.717) is 27.8 Å². The highest BCUT2D eigenvalue weighted by Crippen LogP contribution is 2.24. The number of nitrogens with one attached hydrogen (secondary N) is 1. The molecule has 2 aromatic carbocycles. The van der Waals surface area contributed by atoms with Crippen LogP contribution in [0.25, 0.3) is 0 Å². The zero-order valence-corrected chi connectivity index (χ0v) is 18.6. The Bertz CT molecular complexity index is 886. The molecule has 0 bridgehead atoms. The van der Waals surface area contributed by atoms with Crippen LogP contribution in [0.15, 0.2) is 36.4 Å². The van der Waals surface area contributed by atoms with Crippen molar-refractivity contribution in [1.29, 1.82) is 0 Å². The van der Waals surface area contributed by atoms with Gasteiger partial charge in [-0.2, -0.15) is 0 Å². The predicted octanol–water partition coefficient (Wildman–Crippen LogP) is 4.54. The summed E-state index contributed by atoms with van der Waals surface area (Å²) in [5, 5.41) is 3.57. The van der Waals surface area contributed by atoms with Crippen LogP contribution >= 0.6 is 23.2 Å². The maximum absolute atomic E-state index is 13.0. The van der Waals surface area contributed by atoms with Crippen LogP contribution in [0.5, 0.6) is 5.75 Å². The topological polar surface area (TPSA) is 58.6 Å². The minimum Gasteiger partial charge on any atom is -0.484 e. The third kappa shape index (κ3) is 6.12. The van der Waals surface area contributed by atoms with E-state index < -0.39 is 6.04 Å². The molecule has 0 aromatic heterocycles. The van der Waals surface area contributed by atoms with E-state index in [-0.39, 0.29) is 25.0 Å². The Balaban J connectivity index is 2.23. The second-order valence-electron chi connectivity index (χ2n) is 6.83. The molecule has 2 rings (SSSR count). The molecule has 0 saturated heterocycles. The first kappa shape index (κ1) is 23.0. The summed E-state index contributed by atoms with van der Waals surface area (Å²) in [7, 11) is 1.55. The fourth-order valence-corrected chi connectivity index (χ4v) is 3.42. The fourth-order valence-electron chi connectivity index (χ4n) is 2.95. The molecule has 0 aliphatic heterocycles. The predicted molar refractivity (Wildman–Crippen MR) is 117 cm³/mol. The summed E-state index contributed by atoms with van der Waals surface area (Å²) in [5.41, 5.74) is 2.93. The molecule has 0 fully saturated rings. The van der Waals surface area contributed by atoms with Crippen LogP contribution in [-0.4, -0.2) is 36.4 Å². The van der Waals surface area contributed by atoms with Crippen molar-refractivity contribution in [2.24, 2.45) is 0 Å². The molecule has 156 valence electrons. The number of ether oxygens (including phenoxy) is 1. The zero-order chi connectivity index (χ0) is 21.6. The van der Waals surface area contributed by atoms with Crippen LogP contribution in [0.2, 0.25) is 10.0 Å². The Morgan fingerprint density at radius 2 is 1.83 bits per heavy atom. The van der Waals surface area contributed by atoms with Gasteiger partial charge in [0.25, 0.3) is 5.91 Å². The quantitative estimate of drug-likeness (QED) is 0.660. The molecule has 7 heteroatoms. The van der Waals surface area contributed by atoms with E-state index in [1.165, 1.54) is 4.90 Å². The van der Waals surface area contributed by atoms with Gasteiger partial charge in [-0.1, -0.05) is 42.3 Å². The first-order valence-electron chi connectivity index (χ1n) is 9.41. The number of hydrogen-bond acceptors (Lipinski definition) is 3. The first-order valence-corrected chi connectivity index (χ1v) is 10.2. The van der Waals surface area contributed by atoms with Crippen LogP contribution in [0.4, 0.5) is 0 Å². The lowest BCUT2D eigenvalue weighted by molar-refractivity contribution is -0.142. The molecule has 0 aliphatic rings. The summed E-state index contributed by atoms with van der Waals surface area (Å²) in [4.78, 5) is 26.9. The number of amides is 2. The second kappa shape index (κ2) is 10.5. The van der Waals surface area contributed by atoms with Gasteiger partial charge in [0.05, 0.1) is 0 Å². The van der Waals surface area contributed by atoms with Gasteiger partial charge >= 0.3 is 0 Å². The highest BCUT2D eigenvalue weighted by atomic mass is 35.5. The lowest BCUT2D eigenvalue weighted by atomic mass is 10.1. The number of hydrogen-bond donors (Lipinski definition) is 1. The molecular formula is C22H26Cl2N2O3. The van der Waals surface area contributed by atoms with Gasteiger partial charge in [-0.05, 0) is 61.2 Å². The molecule has 0 spiro atoms. The van der Waals surface area contributed by atoms with E-state index in [2.05, 4.69) is 5.32 Å². The smallest absolute Gasteiger partial charge is 0.261 e. The summed E-state index contributed by atoms with van der Waals surface area (Å²) in [6.07, 6.45) is 0.459. The molecule has 0 aliphatic carbocycles. The fraction of sp³-hybridized carbons (Fsp3) is 0.364. The molecule has 29 heavy (non-hydrogen) atoms. The van der Waals surface area contributed by atoms with Crippen molar-refractivity contribution in [3.8, 4) is 5.75 Å². The molecule has 1 atom stereocenters. The molecule has 2 amide bonds. The van der Waals surface area contributed by atoms with Crippen LogP contribution in [0, 0.1) is 13.8 Å². The van der Waals surface area contributed by atoms with Gasteiger partial charge in [0.15, 0.2) is 6.61 Å². The van der Waals surface area contributed by atoms with Gasteiger partial charge in [-0.3, -0.25) is 9.59 Å². The van der Waals surface area contributed by atoms with Gasteiger partial charge in [0, 0.05) is 23.6 Å².